The minimum absolute atomic E-state index is 0.668. The molecule has 1 radical (unpaired) electrons. The number of benzene rings is 3. The first-order valence-corrected chi connectivity index (χ1v) is 7.48. The molecule has 0 heterocycles. The monoisotopic (exact) mass is 297 g/mol. The van der Waals surface area contributed by atoms with Crippen LogP contribution in [-0.2, 0) is 0 Å². The third-order valence-electron chi connectivity index (χ3n) is 3.85. The second-order valence-corrected chi connectivity index (χ2v) is 5.56. The zero-order valence-corrected chi connectivity index (χ0v) is 13.2. The summed E-state index contributed by atoms with van der Waals surface area (Å²) in [6.45, 7) is 0. The van der Waals surface area contributed by atoms with Crippen LogP contribution < -0.4 is 4.90 Å². The number of anilines is 1. The summed E-state index contributed by atoms with van der Waals surface area (Å²) < 4.78 is 0. The summed E-state index contributed by atoms with van der Waals surface area (Å²) in [6, 6.07) is 27.6. The third-order valence-corrected chi connectivity index (χ3v) is 3.85. The highest BCUT2D eigenvalue weighted by molar-refractivity contribution is 5.87. The number of nitrogens with zero attached hydrogens (tertiary/aromatic N) is 2. The van der Waals surface area contributed by atoms with Crippen molar-refractivity contribution in [1.29, 1.82) is 5.26 Å². The van der Waals surface area contributed by atoms with Gasteiger partial charge in [-0.15, -0.1) is 0 Å². The van der Waals surface area contributed by atoms with Gasteiger partial charge in [0.15, 0.2) is 0 Å². The van der Waals surface area contributed by atoms with Crippen molar-refractivity contribution in [2.75, 3.05) is 19.0 Å². The highest BCUT2D eigenvalue weighted by Gasteiger charge is 2.12. The Kier molecular flexibility index (Phi) is 4.12. The van der Waals surface area contributed by atoms with Gasteiger partial charge in [0.05, 0.1) is 11.6 Å². The topological polar surface area (TPSA) is 27.0 Å². The summed E-state index contributed by atoms with van der Waals surface area (Å²) in [5, 5.41) is 9.50. The number of hydrogen-bond donors (Lipinski definition) is 0. The van der Waals surface area contributed by atoms with Crippen LogP contribution in [0.4, 0.5) is 5.69 Å². The second kappa shape index (κ2) is 6.37. The Morgan fingerprint density at radius 3 is 2.17 bits per heavy atom. The van der Waals surface area contributed by atoms with Crippen molar-refractivity contribution in [3.8, 4) is 28.3 Å². The smallest absolute Gasteiger partial charge is 0.0998 e. The molecule has 0 fully saturated rings. The predicted molar refractivity (Wildman–Crippen MR) is 95.2 cm³/mol. The predicted octanol–water partition coefficient (Wildman–Crippen LogP) is 4.76. The first-order valence-electron chi connectivity index (χ1n) is 7.48. The molecule has 0 atom stereocenters. The van der Waals surface area contributed by atoms with Gasteiger partial charge in [0.1, 0.15) is 0 Å². The lowest BCUT2D eigenvalue weighted by atomic mass is 9.91. The maximum atomic E-state index is 9.50. The van der Waals surface area contributed by atoms with Gasteiger partial charge in [-0.1, -0.05) is 48.5 Å². The van der Waals surface area contributed by atoms with Crippen molar-refractivity contribution in [2.45, 2.75) is 0 Å². The van der Waals surface area contributed by atoms with Gasteiger partial charge < -0.3 is 4.90 Å². The van der Waals surface area contributed by atoms with Crippen LogP contribution in [0.1, 0.15) is 5.56 Å². The molecule has 0 saturated heterocycles. The number of rotatable bonds is 3. The molecule has 111 valence electrons. The van der Waals surface area contributed by atoms with E-state index in [0.29, 0.717) is 5.56 Å². The van der Waals surface area contributed by atoms with Gasteiger partial charge in [0.25, 0.3) is 0 Å². The van der Waals surface area contributed by atoms with E-state index in [1.54, 1.807) is 0 Å². The lowest BCUT2D eigenvalue weighted by Crippen LogP contribution is -2.07. The fourth-order valence-corrected chi connectivity index (χ4v) is 2.65. The standard InChI is InChI=1S/C21H17N2/c1-23(2)19-13-11-16(12-14-19)20-10-6-9-18(15-22)21(20)17-7-4-3-5-8-17/h3-9,11-14H,1-2H3. The van der Waals surface area contributed by atoms with Crippen molar-refractivity contribution < 1.29 is 0 Å². The Morgan fingerprint density at radius 1 is 0.870 bits per heavy atom. The molecule has 2 heteroatoms. The van der Waals surface area contributed by atoms with Crippen molar-refractivity contribution in [3.63, 3.8) is 0 Å². The van der Waals surface area contributed by atoms with Crippen molar-refractivity contribution >= 4 is 5.69 Å². The van der Waals surface area contributed by atoms with Crippen molar-refractivity contribution in [2.24, 2.45) is 0 Å². The van der Waals surface area contributed by atoms with Crippen molar-refractivity contribution in [1.82, 2.24) is 0 Å². The molecule has 3 rings (SSSR count). The fourth-order valence-electron chi connectivity index (χ4n) is 2.65. The normalized spacial score (nSPS) is 10.1. The molecular weight excluding hydrogens is 280 g/mol. The summed E-state index contributed by atoms with van der Waals surface area (Å²) in [7, 11) is 4.04. The van der Waals surface area contributed by atoms with Gasteiger partial charge in [-0.2, -0.15) is 5.26 Å². The second-order valence-electron chi connectivity index (χ2n) is 5.56. The zero-order chi connectivity index (χ0) is 16.2. The molecule has 3 aromatic carbocycles. The molecule has 0 bridgehead atoms. The minimum Gasteiger partial charge on any atom is -0.378 e. The Bertz CT molecular complexity index is 841. The minimum atomic E-state index is 0.668. The van der Waals surface area contributed by atoms with Gasteiger partial charge in [0, 0.05) is 25.3 Å². The molecule has 23 heavy (non-hydrogen) atoms. The van der Waals surface area contributed by atoms with Crippen LogP contribution >= 0.6 is 0 Å². The Balaban J connectivity index is 2.18. The lowest BCUT2D eigenvalue weighted by Gasteiger charge is -2.15. The molecule has 0 saturated carbocycles. The maximum absolute atomic E-state index is 9.50. The largest absolute Gasteiger partial charge is 0.378 e. The molecule has 0 N–H and O–H groups in total. The molecule has 0 spiro atoms. The average molecular weight is 297 g/mol. The molecule has 0 aliphatic carbocycles. The molecule has 0 aliphatic heterocycles. The van der Waals surface area contributed by atoms with Gasteiger partial charge in [-0.3, -0.25) is 0 Å². The molecule has 0 aliphatic rings. The van der Waals surface area contributed by atoms with Crippen molar-refractivity contribution in [3.05, 3.63) is 78.4 Å². The molecule has 0 unspecified atom stereocenters. The van der Waals surface area contributed by atoms with Crippen LogP contribution in [0.15, 0.2) is 66.7 Å². The van der Waals surface area contributed by atoms with Crippen LogP contribution in [0.2, 0.25) is 0 Å². The van der Waals surface area contributed by atoms with Crippen LogP contribution in [0.5, 0.6) is 0 Å². The maximum Gasteiger partial charge on any atom is 0.0998 e. The van der Waals surface area contributed by atoms with E-state index in [0.717, 1.165) is 27.9 Å². The number of nitriles is 1. The number of hydrogen-bond acceptors (Lipinski definition) is 2. The SMILES string of the molecule is CN(C)c1ccc(-c2[c]ccc(C#N)c2-c2ccccc2)cc1. The van der Waals surface area contributed by atoms with Gasteiger partial charge in [-0.25, -0.2) is 0 Å². The average Bonchev–Trinajstić information content (AvgIpc) is 2.61. The van der Waals surface area contributed by atoms with Crippen LogP contribution in [0, 0.1) is 17.4 Å². The molecule has 3 aromatic rings. The van der Waals surface area contributed by atoms with E-state index in [2.05, 4.69) is 41.3 Å². The summed E-state index contributed by atoms with van der Waals surface area (Å²) in [6.07, 6.45) is 0. The van der Waals surface area contributed by atoms with Gasteiger partial charge in [0.2, 0.25) is 0 Å². The van der Waals surface area contributed by atoms with E-state index in [1.807, 2.05) is 56.6 Å². The molecule has 2 nitrogen and oxygen atoms in total. The van der Waals surface area contributed by atoms with Crippen LogP contribution in [0.25, 0.3) is 22.3 Å². The van der Waals surface area contributed by atoms with Gasteiger partial charge >= 0.3 is 0 Å². The quantitative estimate of drug-likeness (QED) is 0.697. The van der Waals surface area contributed by atoms with Crippen LogP contribution in [-0.4, -0.2) is 14.1 Å². The van der Waals surface area contributed by atoms with E-state index < -0.39 is 0 Å². The van der Waals surface area contributed by atoms with E-state index in [9.17, 15) is 5.26 Å². The van der Waals surface area contributed by atoms with E-state index in [1.165, 1.54) is 0 Å². The van der Waals surface area contributed by atoms with E-state index in [-0.39, 0.29) is 0 Å². The summed E-state index contributed by atoms with van der Waals surface area (Å²) in [4.78, 5) is 2.07. The third kappa shape index (κ3) is 2.95. The highest BCUT2D eigenvalue weighted by Crippen LogP contribution is 2.34. The van der Waals surface area contributed by atoms with Crippen LogP contribution in [0.3, 0.4) is 0 Å². The zero-order valence-electron chi connectivity index (χ0n) is 13.2. The molecular formula is C21H17N2. The highest BCUT2D eigenvalue weighted by atomic mass is 15.1. The first-order chi connectivity index (χ1) is 11.2. The molecule has 0 aromatic heterocycles. The van der Waals surface area contributed by atoms with E-state index >= 15 is 0 Å². The molecule has 0 amide bonds. The lowest BCUT2D eigenvalue weighted by molar-refractivity contribution is 1.13. The van der Waals surface area contributed by atoms with E-state index in [4.69, 9.17) is 0 Å². The first kappa shape index (κ1) is 14.9. The van der Waals surface area contributed by atoms with Gasteiger partial charge in [-0.05, 0) is 41.0 Å². The fraction of sp³-hybridized carbons (Fsp3) is 0.0952. The summed E-state index contributed by atoms with van der Waals surface area (Å²) >= 11 is 0. The summed E-state index contributed by atoms with van der Waals surface area (Å²) in [5.41, 5.74) is 5.81. The Hall–Kier alpha value is -3.05. The summed E-state index contributed by atoms with van der Waals surface area (Å²) in [5.74, 6) is 0. The Morgan fingerprint density at radius 2 is 1.57 bits per heavy atom. The Labute approximate surface area is 137 Å².